The van der Waals surface area contributed by atoms with Gasteiger partial charge in [-0.25, -0.2) is 0 Å². The normalized spacial score (nSPS) is 23.8. The number of hydrogen-bond acceptors (Lipinski definition) is 1. The summed E-state index contributed by atoms with van der Waals surface area (Å²) < 4.78 is 9.99. The average molecular weight is 305 g/mol. The third-order valence-corrected chi connectivity index (χ3v) is 16.2. The maximum atomic E-state index is 6.16. The van der Waals surface area contributed by atoms with Crippen LogP contribution in [0.2, 0.25) is 8.87 Å². The Hall–Kier alpha value is 0.759. The van der Waals surface area contributed by atoms with Gasteiger partial charge in [-0.2, -0.15) is 0 Å². The van der Waals surface area contributed by atoms with Gasteiger partial charge >= 0.3 is 94.2 Å². The van der Waals surface area contributed by atoms with Gasteiger partial charge in [-0.15, -0.1) is 0 Å². The van der Waals surface area contributed by atoms with Gasteiger partial charge in [-0.05, 0) is 0 Å². The van der Waals surface area contributed by atoms with Crippen LogP contribution in [-0.2, 0) is 3.07 Å². The second kappa shape index (κ2) is 6.36. The van der Waals surface area contributed by atoms with Crippen molar-refractivity contribution < 1.29 is 3.07 Å². The van der Waals surface area contributed by atoms with Crippen molar-refractivity contribution in [2.24, 2.45) is 0 Å². The quantitative estimate of drug-likeness (QED) is 0.482. The molecule has 1 aliphatic rings. The molecular weight excluding hydrogens is 279 g/mol. The molecule has 0 saturated carbocycles. The molecule has 1 rings (SSSR count). The van der Waals surface area contributed by atoms with Gasteiger partial charge in [-0.3, -0.25) is 0 Å². The van der Waals surface area contributed by atoms with Crippen LogP contribution in [0.15, 0.2) is 0 Å². The summed E-state index contributed by atoms with van der Waals surface area (Å²) in [6, 6.07) is 0. The second-order valence-corrected chi connectivity index (χ2v) is 16.1. The first-order valence-electron chi connectivity index (χ1n) is 6.47. The molecule has 84 valence electrons. The first-order chi connectivity index (χ1) is 6.79. The number of unbranched alkanes of at least 4 members (excludes halogenated alkanes) is 2. The Labute approximate surface area is 94.0 Å². The predicted molar refractivity (Wildman–Crippen MR) is 65.0 cm³/mol. The van der Waals surface area contributed by atoms with Crippen LogP contribution in [0.1, 0.15) is 59.3 Å². The monoisotopic (exact) mass is 306 g/mol. The molecule has 1 saturated heterocycles. The fraction of sp³-hybridized carbons (Fsp3) is 1.00. The SMILES string of the molecule is CCC[CH2][Sn]1([CH2]CCC)[O][CH]1CCC. The molecule has 0 spiro atoms. The molecule has 1 fully saturated rings. The molecule has 0 N–H and O–H groups in total. The van der Waals surface area contributed by atoms with Crippen LogP contribution < -0.4 is 0 Å². The summed E-state index contributed by atoms with van der Waals surface area (Å²) in [5.41, 5.74) is 0. The van der Waals surface area contributed by atoms with E-state index in [0.717, 1.165) is 4.12 Å². The van der Waals surface area contributed by atoms with Crippen molar-refractivity contribution in [2.45, 2.75) is 72.3 Å². The molecule has 14 heavy (non-hydrogen) atoms. The van der Waals surface area contributed by atoms with E-state index in [0.29, 0.717) is 0 Å². The van der Waals surface area contributed by atoms with E-state index in [1.54, 1.807) is 0 Å². The summed E-state index contributed by atoms with van der Waals surface area (Å²) in [6.07, 6.45) is 8.26. The standard InChI is InChI=1S/C4H8O.2C4H9.Sn/c1-2-3-4-5;2*1-3-4-2;/h4H,2-3H2,1H3;2*1,3-4H2,2H3;/q-1;;;+1. The summed E-state index contributed by atoms with van der Waals surface area (Å²) in [7, 11) is 0. The molecule has 0 amide bonds. The topological polar surface area (TPSA) is 12.5 Å². The van der Waals surface area contributed by atoms with Gasteiger partial charge in [0.15, 0.2) is 0 Å². The molecule has 0 aliphatic carbocycles. The van der Waals surface area contributed by atoms with E-state index in [1.807, 2.05) is 0 Å². The molecule has 2 heteroatoms. The van der Waals surface area contributed by atoms with E-state index in [1.165, 1.54) is 47.4 Å². The maximum absolute atomic E-state index is 6.16. The van der Waals surface area contributed by atoms with Crippen LogP contribution in [0.3, 0.4) is 0 Å². The molecule has 0 aromatic rings. The van der Waals surface area contributed by atoms with Gasteiger partial charge < -0.3 is 0 Å². The van der Waals surface area contributed by atoms with E-state index in [-0.39, 0.29) is 0 Å². The Morgan fingerprint density at radius 2 is 1.50 bits per heavy atom. The zero-order valence-corrected chi connectivity index (χ0v) is 13.0. The van der Waals surface area contributed by atoms with Crippen LogP contribution in [-0.4, -0.2) is 22.9 Å². The van der Waals surface area contributed by atoms with Gasteiger partial charge in [-0.1, -0.05) is 0 Å². The van der Waals surface area contributed by atoms with Gasteiger partial charge in [0.2, 0.25) is 0 Å². The first-order valence-corrected chi connectivity index (χ1v) is 13.3. The van der Waals surface area contributed by atoms with Crippen LogP contribution in [0.4, 0.5) is 0 Å². The molecule has 1 unspecified atom stereocenters. The molecule has 0 aromatic heterocycles. The second-order valence-electron chi connectivity index (χ2n) is 4.67. The Bertz CT molecular complexity index is 150. The van der Waals surface area contributed by atoms with E-state index in [4.69, 9.17) is 3.07 Å². The summed E-state index contributed by atoms with van der Waals surface area (Å²) in [5, 5.41) is 0. The van der Waals surface area contributed by atoms with Crippen LogP contribution in [0, 0.1) is 0 Å². The molecule has 1 atom stereocenters. The van der Waals surface area contributed by atoms with Crippen molar-refractivity contribution in [1.29, 1.82) is 0 Å². The van der Waals surface area contributed by atoms with Crippen molar-refractivity contribution in [1.82, 2.24) is 0 Å². The predicted octanol–water partition coefficient (Wildman–Crippen LogP) is 4.27. The summed E-state index contributed by atoms with van der Waals surface area (Å²) in [4.78, 5) is 0. The Balaban J connectivity index is 2.30. The van der Waals surface area contributed by atoms with Crippen molar-refractivity contribution in [2.75, 3.05) is 0 Å². The summed E-state index contributed by atoms with van der Waals surface area (Å²) >= 11 is -1.90. The summed E-state index contributed by atoms with van der Waals surface area (Å²) in [5.74, 6) is 0. The van der Waals surface area contributed by atoms with Crippen LogP contribution >= 0.6 is 0 Å². The molecule has 1 aliphatic heterocycles. The van der Waals surface area contributed by atoms with Gasteiger partial charge in [0, 0.05) is 0 Å². The Morgan fingerprint density at radius 3 is 1.93 bits per heavy atom. The third-order valence-electron chi connectivity index (χ3n) is 3.36. The fourth-order valence-electron chi connectivity index (χ4n) is 2.35. The van der Waals surface area contributed by atoms with E-state index in [2.05, 4.69) is 20.8 Å². The van der Waals surface area contributed by atoms with Gasteiger partial charge in [0.1, 0.15) is 0 Å². The van der Waals surface area contributed by atoms with Gasteiger partial charge in [0.25, 0.3) is 0 Å². The van der Waals surface area contributed by atoms with Crippen molar-refractivity contribution in [3.8, 4) is 0 Å². The Morgan fingerprint density at radius 1 is 0.929 bits per heavy atom. The van der Waals surface area contributed by atoms with E-state index >= 15 is 0 Å². The molecular formula is C12H26OSn. The molecule has 1 heterocycles. The fourth-order valence-corrected chi connectivity index (χ4v) is 18.3. The molecule has 0 bridgehead atoms. The van der Waals surface area contributed by atoms with E-state index < -0.39 is 18.8 Å². The number of hydrogen-bond donors (Lipinski definition) is 0. The third kappa shape index (κ3) is 3.41. The zero-order chi connectivity index (χ0) is 10.4. The van der Waals surface area contributed by atoms with E-state index in [9.17, 15) is 0 Å². The minimum absolute atomic E-state index is 0.812. The molecule has 0 radical (unpaired) electrons. The van der Waals surface area contributed by atoms with Crippen LogP contribution in [0.5, 0.6) is 0 Å². The van der Waals surface area contributed by atoms with Crippen LogP contribution in [0.25, 0.3) is 0 Å². The van der Waals surface area contributed by atoms with Crippen molar-refractivity contribution in [3.05, 3.63) is 0 Å². The first kappa shape index (κ1) is 12.8. The van der Waals surface area contributed by atoms with Crippen molar-refractivity contribution >= 4 is 18.8 Å². The van der Waals surface area contributed by atoms with Gasteiger partial charge in [0.05, 0.1) is 0 Å². The van der Waals surface area contributed by atoms with Crippen molar-refractivity contribution in [3.63, 3.8) is 0 Å². The average Bonchev–Trinajstić information content (AvgIpc) is 2.87. The summed E-state index contributed by atoms with van der Waals surface area (Å²) in [6.45, 7) is 6.89. The molecule has 0 aromatic carbocycles. The molecule has 1 nitrogen and oxygen atoms in total. The zero-order valence-electron chi connectivity index (χ0n) is 10.1. The Kier molecular flexibility index (Phi) is 5.83. The minimum atomic E-state index is -1.90. The number of rotatable bonds is 8.